The highest BCUT2D eigenvalue weighted by atomic mass is 19.4. The number of carbonyl (C=O) groups is 1. The van der Waals surface area contributed by atoms with Crippen molar-refractivity contribution in [2.45, 2.75) is 49.9 Å². The lowest BCUT2D eigenvalue weighted by Crippen LogP contribution is -2.53. The first kappa shape index (κ1) is 25.6. The number of benzene rings is 3. The zero-order valence-corrected chi connectivity index (χ0v) is 19.1. The summed E-state index contributed by atoms with van der Waals surface area (Å²) < 4.78 is 83.8. The summed E-state index contributed by atoms with van der Waals surface area (Å²) in [6.45, 7) is 0. The number of urea groups is 1. The molecular formula is C27H24F6N2O. The zero-order chi connectivity index (χ0) is 25.9. The predicted molar refractivity (Wildman–Crippen MR) is 123 cm³/mol. The number of amides is 2. The highest BCUT2D eigenvalue weighted by molar-refractivity contribution is 5.76. The van der Waals surface area contributed by atoms with Gasteiger partial charge in [-0.25, -0.2) is 18.0 Å². The summed E-state index contributed by atoms with van der Waals surface area (Å²) in [6, 6.07) is 12.4. The van der Waals surface area contributed by atoms with E-state index in [1.54, 1.807) is 30.3 Å². The predicted octanol–water partition coefficient (Wildman–Crippen LogP) is 6.85. The van der Waals surface area contributed by atoms with Crippen molar-refractivity contribution in [2.24, 2.45) is 0 Å². The van der Waals surface area contributed by atoms with Crippen molar-refractivity contribution in [3.8, 4) is 0 Å². The summed E-state index contributed by atoms with van der Waals surface area (Å²) >= 11 is 0. The Morgan fingerprint density at radius 1 is 0.806 bits per heavy atom. The molecule has 0 bridgehead atoms. The molecule has 1 atom stereocenters. The molecule has 0 heterocycles. The Morgan fingerprint density at radius 2 is 1.47 bits per heavy atom. The topological polar surface area (TPSA) is 41.1 Å². The van der Waals surface area contributed by atoms with Gasteiger partial charge in [-0.1, -0.05) is 49.2 Å². The molecule has 0 aliphatic heterocycles. The average Bonchev–Trinajstić information content (AvgIpc) is 3.33. The van der Waals surface area contributed by atoms with Crippen molar-refractivity contribution in [1.82, 2.24) is 10.6 Å². The molecule has 36 heavy (non-hydrogen) atoms. The number of halogens is 6. The van der Waals surface area contributed by atoms with Gasteiger partial charge in [-0.05, 0) is 59.9 Å². The maximum Gasteiger partial charge on any atom is 0.416 e. The molecule has 1 aliphatic carbocycles. The number of hydrogen-bond acceptors (Lipinski definition) is 1. The van der Waals surface area contributed by atoms with Gasteiger partial charge >= 0.3 is 12.2 Å². The monoisotopic (exact) mass is 506 g/mol. The fourth-order valence-electron chi connectivity index (χ4n) is 4.71. The first-order chi connectivity index (χ1) is 17.1. The van der Waals surface area contributed by atoms with Gasteiger partial charge in [0.15, 0.2) is 11.6 Å². The van der Waals surface area contributed by atoms with Crippen molar-refractivity contribution in [3.63, 3.8) is 0 Å². The Hall–Kier alpha value is -3.49. The van der Waals surface area contributed by atoms with E-state index in [-0.39, 0.29) is 23.6 Å². The fraction of sp³-hybridized carbons (Fsp3) is 0.296. The first-order valence-corrected chi connectivity index (χ1v) is 11.5. The van der Waals surface area contributed by atoms with Gasteiger partial charge in [0.2, 0.25) is 0 Å². The normalized spacial score (nSPS) is 15.9. The van der Waals surface area contributed by atoms with Gasteiger partial charge in [-0.2, -0.15) is 13.2 Å². The number of carbonyl (C=O) groups excluding carboxylic acids is 1. The second-order valence-electron chi connectivity index (χ2n) is 9.00. The van der Waals surface area contributed by atoms with Crippen LogP contribution in [0.5, 0.6) is 0 Å². The molecule has 9 heteroatoms. The minimum atomic E-state index is -4.88. The molecule has 2 N–H and O–H groups in total. The van der Waals surface area contributed by atoms with E-state index >= 15 is 0 Å². The summed E-state index contributed by atoms with van der Waals surface area (Å²) in [5.41, 5.74) is -2.85. The van der Waals surface area contributed by atoms with Crippen LogP contribution in [0.25, 0.3) is 0 Å². The summed E-state index contributed by atoms with van der Waals surface area (Å²) in [5.74, 6) is -3.61. The zero-order valence-electron chi connectivity index (χ0n) is 19.1. The SMILES string of the molecule is O=C(NC1CCCC1)N[C@](Cc1ccccc1)(c1cc(F)cc(C(F)(F)F)c1)c1ccc(F)c(F)c1. The molecular weight excluding hydrogens is 482 g/mol. The molecule has 0 saturated heterocycles. The van der Waals surface area contributed by atoms with E-state index in [0.29, 0.717) is 11.6 Å². The van der Waals surface area contributed by atoms with E-state index in [1.807, 2.05) is 0 Å². The van der Waals surface area contributed by atoms with Crippen LogP contribution in [0, 0.1) is 17.5 Å². The van der Waals surface area contributed by atoms with Gasteiger partial charge in [-0.3, -0.25) is 0 Å². The fourth-order valence-corrected chi connectivity index (χ4v) is 4.71. The van der Waals surface area contributed by atoms with Crippen molar-refractivity contribution >= 4 is 6.03 Å². The average molecular weight is 506 g/mol. The third kappa shape index (κ3) is 5.66. The van der Waals surface area contributed by atoms with Gasteiger partial charge in [0.1, 0.15) is 5.82 Å². The minimum absolute atomic E-state index is 0.0365. The molecule has 0 radical (unpaired) electrons. The van der Waals surface area contributed by atoms with Crippen LogP contribution < -0.4 is 10.6 Å². The molecule has 3 nitrogen and oxygen atoms in total. The Labute approximate surface area is 204 Å². The lowest BCUT2D eigenvalue weighted by molar-refractivity contribution is -0.137. The van der Waals surface area contributed by atoms with Crippen LogP contribution in [-0.4, -0.2) is 12.1 Å². The van der Waals surface area contributed by atoms with Crippen molar-refractivity contribution in [1.29, 1.82) is 0 Å². The van der Waals surface area contributed by atoms with Gasteiger partial charge in [-0.15, -0.1) is 0 Å². The Morgan fingerprint density at radius 3 is 2.11 bits per heavy atom. The summed E-state index contributed by atoms with van der Waals surface area (Å²) in [5, 5.41) is 5.53. The van der Waals surface area contributed by atoms with Crippen LogP contribution in [-0.2, 0) is 18.1 Å². The van der Waals surface area contributed by atoms with Crippen LogP contribution in [0.4, 0.5) is 31.1 Å². The molecule has 0 aromatic heterocycles. The highest BCUT2D eigenvalue weighted by Crippen LogP contribution is 2.38. The molecule has 2 amide bonds. The van der Waals surface area contributed by atoms with Gasteiger partial charge in [0.05, 0.1) is 11.1 Å². The Bertz CT molecular complexity index is 1220. The van der Waals surface area contributed by atoms with E-state index < -0.39 is 40.8 Å². The number of nitrogens with one attached hydrogen (secondary N) is 2. The number of rotatable bonds is 6. The Kier molecular flexibility index (Phi) is 7.28. The molecule has 190 valence electrons. The van der Waals surface area contributed by atoms with E-state index in [4.69, 9.17) is 0 Å². The van der Waals surface area contributed by atoms with Gasteiger partial charge in [0.25, 0.3) is 0 Å². The number of hydrogen-bond donors (Lipinski definition) is 2. The highest BCUT2D eigenvalue weighted by Gasteiger charge is 2.40. The Balaban J connectivity index is 1.92. The van der Waals surface area contributed by atoms with Crippen LogP contribution >= 0.6 is 0 Å². The van der Waals surface area contributed by atoms with E-state index in [1.165, 1.54) is 6.07 Å². The van der Waals surface area contributed by atoms with Crippen LogP contribution in [0.2, 0.25) is 0 Å². The number of alkyl halides is 3. The van der Waals surface area contributed by atoms with Gasteiger partial charge < -0.3 is 10.6 Å². The van der Waals surface area contributed by atoms with Crippen LogP contribution in [0.1, 0.15) is 47.9 Å². The van der Waals surface area contributed by atoms with E-state index in [0.717, 1.165) is 49.9 Å². The van der Waals surface area contributed by atoms with Crippen molar-refractivity contribution < 1.29 is 31.1 Å². The molecule has 0 unspecified atom stereocenters. The van der Waals surface area contributed by atoms with E-state index in [2.05, 4.69) is 10.6 Å². The second-order valence-corrected chi connectivity index (χ2v) is 9.00. The lowest BCUT2D eigenvalue weighted by Gasteiger charge is -2.37. The molecule has 3 aromatic carbocycles. The van der Waals surface area contributed by atoms with Crippen molar-refractivity contribution in [2.75, 3.05) is 0 Å². The summed E-state index contributed by atoms with van der Waals surface area (Å²) in [6.07, 6.45) is -1.72. The minimum Gasteiger partial charge on any atom is -0.335 e. The maximum absolute atomic E-state index is 14.6. The second kappa shape index (κ2) is 10.2. The summed E-state index contributed by atoms with van der Waals surface area (Å²) in [7, 11) is 0. The third-order valence-electron chi connectivity index (χ3n) is 6.46. The molecule has 1 aliphatic rings. The third-order valence-corrected chi connectivity index (χ3v) is 6.46. The van der Waals surface area contributed by atoms with Gasteiger partial charge in [0, 0.05) is 12.5 Å². The molecule has 1 saturated carbocycles. The van der Waals surface area contributed by atoms with Crippen LogP contribution in [0.15, 0.2) is 66.7 Å². The van der Waals surface area contributed by atoms with E-state index in [9.17, 15) is 31.1 Å². The molecule has 3 aromatic rings. The maximum atomic E-state index is 14.6. The first-order valence-electron chi connectivity index (χ1n) is 11.5. The quantitative estimate of drug-likeness (QED) is 0.353. The molecule has 4 rings (SSSR count). The largest absolute Gasteiger partial charge is 0.416 e. The smallest absolute Gasteiger partial charge is 0.335 e. The molecule has 1 fully saturated rings. The molecule has 0 spiro atoms. The standard InChI is InChI=1S/C27H24F6N2O/c28-21-13-19(12-20(14-21)27(31,32)33)26(16-17-6-2-1-3-7-17,18-10-11-23(29)24(30)15-18)35-25(36)34-22-8-4-5-9-22/h1-3,6-7,10-15,22H,4-5,8-9,16H2,(H2,34,35,36)/t26-/m0/s1. The van der Waals surface area contributed by atoms with Crippen LogP contribution in [0.3, 0.4) is 0 Å². The lowest BCUT2D eigenvalue weighted by atomic mass is 9.77. The van der Waals surface area contributed by atoms with Crippen molar-refractivity contribution in [3.05, 3.63) is 106 Å². The summed E-state index contributed by atoms with van der Waals surface area (Å²) in [4.78, 5) is 13.2.